The summed E-state index contributed by atoms with van der Waals surface area (Å²) in [5.41, 5.74) is 6.35. The van der Waals surface area contributed by atoms with Crippen molar-refractivity contribution in [2.75, 3.05) is 12.8 Å². The van der Waals surface area contributed by atoms with Crippen molar-refractivity contribution in [3.63, 3.8) is 0 Å². The predicted molar refractivity (Wildman–Crippen MR) is 55.4 cm³/mol. The van der Waals surface area contributed by atoms with Crippen LogP contribution in [0, 0.1) is 0 Å². The molecule has 2 N–H and O–H groups in total. The molecular formula is C9H8N2O2S. The molecule has 0 radical (unpaired) electrons. The first-order chi connectivity index (χ1) is 6.72. The Kier molecular flexibility index (Phi) is 2.09. The summed E-state index contributed by atoms with van der Waals surface area (Å²) >= 11 is 1.28. The van der Waals surface area contributed by atoms with Gasteiger partial charge in [0, 0.05) is 17.3 Å². The van der Waals surface area contributed by atoms with Crippen LogP contribution in [0.5, 0.6) is 0 Å². The molecule has 2 rings (SSSR count). The molecule has 4 nitrogen and oxygen atoms in total. The molecule has 0 spiro atoms. The van der Waals surface area contributed by atoms with Gasteiger partial charge in [0.15, 0.2) is 0 Å². The maximum Gasteiger partial charge on any atom is 0.348 e. The van der Waals surface area contributed by atoms with Gasteiger partial charge in [-0.05, 0) is 12.1 Å². The van der Waals surface area contributed by atoms with Crippen molar-refractivity contribution in [3.8, 4) is 0 Å². The molecule has 0 unspecified atom stereocenters. The highest BCUT2D eigenvalue weighted by Crippen LogP contribution is 2.27. The molecule has 0 atom stereocenters. The van der Waals surface area contributed by atoms with Crippen molar-refractivity contribution in [3.05, 3.63) is 23.2 Å². The molecule has 0 aliphatic carbocycles. The molecule has 0 bridgehead atoms. The van der Waals surface area contributed by atoms with Crippen LogP contribution in [0.1, 0.15) is 9.67 Å². The van der Waals surface area contributed by atoms with E-state index in [9.17, 15) is 4.79 Å². The highest BCUT2D eigenvalue weighted by atomic mass is 32.1. The number of aromatic nitrogens is 1. The number of rotatable bonds is 1. The molecule has 0 fully saturated rings. The number of pyridine rings is 1. The number of methoxy groups -OCH3 is 1. The van der Waals surface area contributed by atoms with E-state index in [0.29, 0.717) is 10.6 Å². The fourth-order valence-corrected chi connectivity index (χ4v) is 2.11. The Bertz CT molecular complexity index is 493. The molecule has 72 valence electrons. The number of anilines is 1. The first-order valence-corrected chi connectivity index (χ1v) is 4.76. The minimum Gasteiger partial charge on any atom is -0.465 e. The molecule has 0 saturated heterocycles. The zero-order valence-electron chi connectivity index (χ0n) is 7.48. The number of nitrogen functional groups attached to an aromatic ring is 1. The van der Waals surface area contributed by atoms with E-state index in [0.717, 1.165) is 10.2 Å². The van der Waals surface area contributed by atoms with Crippen LogP contribution >= 0.6 is 11.3 Å². The molecule has 2 aromatic rings. The first kappa shape index (κ1) is 8.96. The molecule has 0 aliphatic heterocycles. The number of hydrogen-bond donors (Lipinski definition) is 1. The van der Waals surface area contributed by atoms with E-state index in [1.807, 2.05) is 0 Å². The van der Waals surface area contributed by atoms with Gasteiger partial charge in [-0.3, -0.25) is 0 Å². The number of carbonyl (C=O) groups is 1. The maximum atomic E-state index is 11.2. The number of esters is 1. The first-order valence-electron chi connectivity index (χ1n) is 3.94. The summed E-state index contributed by atoms with van der Waals surface area (Å²) in [4.78, 5) is 16.6. The minimum absolute atomic E-state index is 0.354. The topological polar surface area (TPSA) is 65.2 Å². The van der Waals surface area contributed by atoms with Crippen LogP contribution in [0.25, 0.3) is 10.2 Å². The Labute approximate surface area is 84.3 Å². The van der Waals surface area contributed by atoms with E-state index in [1.165, 1.54) is 18.4 Å². The number of carbonyl (C=O) groups excluding carboxylic acids is 1. The molecule has 2 heterocycles. The minimum atomic E-state index is -0.354. The average molecular weight is 208 g/mol. The Morgan fingerprint density at radius 3 is 3.07 bits per heavy atom. The monoisotopic (exact) mass is 208 g/mol. The van der Waals surface area contributed by atoms with Crippen molar-refractivity contribution in [1.82, 2.24) is 4.98 Å². The Hall–Kier alpha value is -1.62. The zero-order valence-corrected chi connectivity index (χ0v) is 8.30. The van der Waals surface area contributed by atoms with E-state index < -0.39 is 0 Å². The normalized spacial score (nSPS) is 10.4. The summed E-state index contributed by atoms with van der Waals surface area (Å²) in [5, 5.41) is 0.804. The summed E-state index contributed by atoms with van der Waals surface area (Å²) in [5.74, 6) is -0.354. The molecule has 14 heavy (non-hydrogen) atoms. The van der Waals surface area contributed by atoms with Gasteiger partial charge in [0.05, 0.1) is 7.11 Å². The van der Waals surface area contributed by atoms with Gasteiger partial charge in [-0.1, -0.05) is 0 Å². The van der Waals surface area contributed by atoms with Crippen LogP contribution in [0.15, 0.2) is 18.3 Å². The van der Waals surface area contributed by atoms with Crippen LogP contribution in [-0.2, 0) is 4.74 Å². The third-order valence-electron chi connectivity index (χ3n) is 1.86. The number of nitrogens with two attached hydrogens (primary N) is 1. The van der Waals surface area contributed by atoms with Crippen LogP contribution in [-0.4, -0.2) is 18.1 Å². The standard InChI is InChI=1S/C9H8N2O2S/c1-13-9(12)7-4-5-6(10)2-3-11-8(5)14-7/h2-4H,1H3,(H2,10,11). The van der Waals surface area contributed by atoms with Gasteiger partial charge in [-0.15, -0.1) is 11.3 Å². The quantitative estimate of drug-likeness (QED) is 0.724. The van der Waals surface area contributed by atoms with Gasteiger partial charge in [-0.25, -0.2) is 9.78 Å². The Morgan fingerprint density at radius 2 is 2.43 bits per heavy atom. The number of nitrogens with zero attached hydrogens (tertiary/aromatic N) is 1. The Balaban J connectivity index is 2.62. The van der Waals surface area contributed by atoms with Gasteiger partial charge in [0.25, 0.3) is 0 Å². The lowest BCUT2D eigenvalue weighted by Gasteiger charge is -1.91. The Morgan fingerprint density at radius 1 is 1.64 bits per heavy atom. The molecule has 0 saturated carbocycles. The van der Waals surface area contributed by atoms with E-state index in [-0.39, 0.29) is 5.97 Å². The summed E-state index contributed by atoms with van der Waals surface area (Å²) in [6.45, 7) is 0. The number of fused-ring (bicyclic) bond motifs is 1. The summed E-state index contributed by atoms with van der Waals surface area (Å²) in [7, 11) is 1.35. The van der Waals surface area contributed by atoms with E-state index in [2.05, 4.69) is 9.72 Å². The summed E-state index contributed by atoms with van der Waals surface area (Å²) in [6.07, 6.45) is 1.62. The largest absolute Gasteiger partial charge is 0.465 e. The summed E-state index contributed by atoms with van der Waals surface area (Å²) < 4.78 is 4.61. The second-order valence-electron chi connectivity index (χ2n) is 2.72. The number of ether oxygens (including phenoxy) is 1. The SMILES string of the molecule is COC(=O)c1cc2c(N)ccnc2s1. The lowest BCUT2D eigenvalue weighted by Crippen LogP contribution is -1.96. The molecule has 0 amide bonds. The molecular weight excluding hydrogens is 200 g/mol. The zero-order chi connectivity index (χ0) is 10.1. The van der Waals surface area contributed by atoms with Crippen molar-refractivity contribution in [2.45, 2.75) is 0 Å². The van der Waals surface area contributed by atoms with Gasteiger partial charge >= 0.3 is 5.97 Å². The number of thiophene rings is 1. The van der Waals surface area contributed by atoms with Crippen molar-refractivity contribution in [1.29, 1.82) is 0 Å². The predicted octanol–water partition coefficient (Wildman–Crippen LogP) is 1.67. The lowest BCUT2D eigenvalue weighted by molar-refractivity contribution is 0.0606. The van der Waals surface area contributed by atoms with Crippen molar-refractivity contribution in [2.24, 2.45) is 0 Å². The fraction of sp³-hybridized carbons (Fsp3) is 0.111. The highest BCUT2D eigenvalue weighted by Gasteiger charge is 2.11. The molecule has 2 aromatic heterocycles. The van der Waals surface area contributed by atoms with Gasteiger partial charge in [-0.2, -0.15) is 0 Å². The van der Waals surface area contributed by atoms with Crippen LogP contribution in [0.3, 0.4) is 0 Å². The van der Waals surface area contributed by atoms with Gasteiger partial charge < -0.3 is 10.5 Å². The van der Waals surface area contributed by atoms with Gasteiger partial charge in [0.2, 0.25) is 0 Å². The van der Waals surface area contributed by atoms with Crippen LogP contribution in [0.2, 0.25) is 0 Å². The van der Waals surface area contributed by atoms with E-state index >= 15 is 0 Å². The third kappa shape index (κ3) is 1.31. The average Bonchev–Trinajstić information content (AvgIpc) is 2.62. The smallest absolute Gasteiger partial charge is 0.348 e. The van der Waals surface area contributed by atoms with E-state index in [1.54, 1.807) is 18.3 Å². The molecule has 5 heteroatoms. The van der Waals surface area contributed by atoms with Crippen molar-refractivity contribution < 1.29 is 9.53 Å². The van der Waals surface area contributed by atoms with Crippen LogP contribution in [0.4, 0.5) is 5.69 Å². The molecule has 0 aromatic carbocycles. The lowest BCUT2D eigenvalue weighted by atomic mass is 10.3. The maximum absolute atomic E-state index is 11.2. The van der Waals surface area contributed by atoms with Crippen LogP contribution < -0.4 is 5.73 Å². The second-order valence-corrected chi connectivity index (χ2v) is 3.75. The fourth-order valence-electron chi connectivity index (χ4n) is 1.16. The van der Waals surface area contributed by atoms with Gasteiger partial charge in [0.1, 0.15) is 9.71 Å². The molecule has 0 aliphatic rings. The third-order valence-corrected chi connectivity index (χ3v) is 2.88. The number of hydrogen-bond acceptors (Lipinski definition) is 5. The highest BCUT2D eigenvalue weighted by molar-refractivity contribution is 7.20. The second kappa shape index (κ2) is 3.26. The van der Waals surface area contributed by atoms with Crippen molar-refractivity contribution >= 4 is 33.2 Å². The van der Waals surface area contributed by atoms with E-state index in [4.69, 9.17) is 5.73 Å². The summed E-state index contributed by atoms with van der Waals surface area (Å²) in [6, 6.07) is 3.41.